The number of hydrogen-bond donors (Lipinski definition) is 0. The normalized spacial score (nSPS) is 10.6. The summed E-state index contributed by atoms with van der Waals surface area (Å²) in [5.74, 6) is 0. The molecule has 3 aromatic rings. The zero-order valence-corrected chi connectivity index (χ0v) is 17.0. The van der Waals surface area contributed by atoms with Crippen LogP contribution in [0, 0.1) is 34.6 Å². The predicted octanol–water partition coefficient (Wildman–Crippen LogP) is 5.57. The summed E-state index contributed by atoms with van der Waals surface area (Å²) in [4.78, 5) is 11.9. The first kappa shape index (κ1) is 20.0. The summed E-state index contributed by atoms with van der Waals surface area (Å²) in [5.41, 5.74) is 9.08. The maximum Gasteiger partial charge on any atom is 0.177 e. The van der Waals surface area contributed by atoms with Crippen LogP contribution in [0.15, 0.2) is 30.3 Å². The highest BCUT2D eigenvalue weighted by Crippen LogP contribution is 2.29. The fraction of sp³-hybridized carbons (Fsp3) is 0.348. The predicted molar refractivity (Wildman–Crippen MR) is 113 cm³/mol. The Kier molecular flexibility index (Phi) is 6.12. The maximum atomic E-state index is 11.9. The molecule has 1 aromatic heterocycles. The van der Waals surface area contributed by atoms with Crippen molar-refractivity contribution in [2.45, 2.75) is 55.0 Å². The third-order valence-corrected chi connectivity index (χ3v) is 5.53. The Morgan fingerprint density at radius 1 is 0.885 bits per heavy atom. The van der Waals surface area contributed by atoms with E-state index in [2.05, 4.69) is 34.6 Å². The van der Waals surface area contributed by atoms with Crippen LogP contribution in [0.1, 0.15) is 57.7 Å². The smallest absolute Gasteiger partial charge is 0.177 e. The quantitative estimate of drug-likeness (QED) is 0.569. The van der Waals surface area contributed by atoms with Gasteiger partial charge in [0.1, 0.15) is 5.68 Å². The van der Waals surface area contributed by atoms with Crippen LogP contribution < -0.4 is 0 Å². The van der Waals surface area contributed by atoms with Crippen molar-refractivity contribution in [2.75, 3.05) is 0 Å². The first-order chi connectivity index (χ1) is 12.3. The van der Waals surface area contributed by atoms with Gasteiger partial charge in [0, 0.05) is 17.4 Å². The van der Waals surface area contributed by atoms with Crippen LogP contribution in [-0.4, -0.2) is 18.1 Å². The van der Waals surface area contributed by atoms with Crippen molar-refractivity contribution in [3.05, 3.63) is 69.4 Å². The van der Waals surface area contributed by atoms with E-state index < -0.39 is 0 Å². The molecule has 1 heterocycles. The molecule has 2 aromatic carbocycles. The highest BCUT2D eigenvalue weighted by atomic mass is 16.1. The van der Waals surface area contributed by atoms with Crippen molar-refractivity contribution in [2.24, 2.45) is 0 Å². The van der Waals surface area contributed by atoms with Crippen LogP contribution in [0.25, 0.3) is 10.9 Å². The van der Waals surface area contributed by atoms with Gasteiger partial charge in [0.2, 0.25) is 0 Å². The molecule has 2 radical (unpaired) electrons. The summed E-state index contributed by atoms with van der Waals surface area (Å²) < 4.78 is 2.04. The minimum atomic E-state index is -0.387. The molecule has 2 nitrogen and oxygen atoms in total. The van der Waals surface area contributed by atoms with Gasteiger partial charge in [0.05, 0.1) is 5.69 Å². The van der Waals surface area contributed by atoms with Crippen LogP contribution in [-0.2, 0) is 6.54 Å². The molecule has 0 saturated heterocycles. The number of para-hydroxylation sites is 1. The second kappa shape index (κ2) is 7.95. The standard InChI is InChI=1S/C21H22BNO.C2H6/c1-12-13(2)15(4)18(16(5)14(12)3)11-23-19-9-7-6-8-17(19)10-20(23)21(22)24;1-2/h6-10H,11H2,1-5H3;1-2H3. The number of carbonyl (C=O) groups excluding carboxylic acids is 1. The van der Waals surface area contributed by atoms with E-state index in [1.807, 2.05) is 48.7 Å². The van der Waals surface area contributed by atoms with Crippen molar-refractivity contribution < 1.29 is 4.79 Å². The number of benzene rings is 2. The lowest BCUT2D eigenvalue weighted by Crippen LogP contribution is -2.13. The molecule has 3 heteroatoms. The summed E-state index contributed by atoms with van der Waals surface area (Å²) in [7, 11) is 5.63. The number of fused-ring (bicyclic) bond motifs is 1. The molecule has 26 heavy (non-hydrogen) atoms. The van der Waals surface area contributed by atoms with Crippen molar-refractivity contribution in [1.29, 1.82) is 0 Å². The fourth-order valence-electron chi connectivity index (χ4n) is 3.56. The monoisotopic (exact) mass is 345 g/mol. The van der Waals surface area contributed by atoms with Gasteiger partial charge in [0.15, 0.2) is 7.85 Å². The molecular weight excluding hydrogens is 317 g/mol. The molecule has 0 saturated carbocycles. The van der Waals surface area contributed by atoms with Gasteiger partial charge in [-0.25, -0.2) is 0 Å². The van der Waals surface area contributed by atoms with Gasteiger partial charge in [-0.15, -0.1) is 0 Å². The maximum absolute atomic E-state index is 11.9. The van der Waals surface area contributed by atoms with Crippen LogP contribution in [0.4, 0.5) is 0 Å². The average Bonchev–Trinajstić information content (AvgIpc) is 3.02. The lowest BCUT2D eigenvalue weighted by Gasteiger charge is -2.20. The number of nitrogens with zero attached hydrogens (tertiary/aromatic N) is 1. The second-order valence-corrected chi connectivity index (χ2v) is 6.64. The summed E-state index contributed by atoms with van der Waals surface area (Å²) in [5, 5.41) is 1.04. The number of hydrogen-bond acceptors (Lipinski definition) is 1. The Labute approximate surface area is 158 Å². The van der Waals surface area contributed by atoms with E-state index in [9.17, 15) is 4.79 Å². The fourth-order valence-corrected chi connectivity index (χ4v) is 3.56. The van der Waals surface area contributed by atoms with Gasteiger partial charge in [-0.05, 0) is 80.1 Å². The summed E-state index contributed by atoms with van der Waals surface area (Å²) in [6, 6.07) is 9.92. The Balaban J connectivity index is 0.00000117. The van der Waals surface area contributed by atoms with Crippen molar-refractivity contribution in [3.8, 4) is 0 Å². The average molecular weight is 345 g/mol. The number of aromatic nitrogens is 1. The SMILES string of the molecule is CC.[B]C(=O)c1cc2ccccc2n1Cc1c(C)c(C)c(C)c(C)c1C. The first-order valence-corrected chi connectivity index (χ1v) is 9.26. The van der Waals surface area contributed by atoms with Gasteiger partial charge in [-0.1, -0.05) is 32.0 Å². The van der Waals surface area contributed by atoms with E-state index in [1.54, 1.807) is 0 Å². The summed E-state index contributed by atoms with van der Waals surface area (Å²) in [6.45, 7) is 15.5. The van der Waals surface area contributed by atoms with Gasteiger partial charge >= 0.3 is 0 Å². The highest BCUT2D eigenvalue weighted by Gasteiger charge is 2.17. The van der Waals surface area contributed by atoms with Crippen molar-refractivity contribution in [1.82, 2.24) is 4.57 Å². The lowest BCUT2D eigenvalue weighted by molar-refractivity contribution is 0.107. The molecule has 0 fully saturated rings. The van der Waals surface area contributed by atoms with E-state index in [0.29, 0.717) is 12.2 Å². The molecule has 0 bridgehead atoms. The molecule has 0 spiro atoms. The van der Waals surface area contributed by atoms with Crippen molar-refractivity contribution in [3.63, 3.8) is 0 Å². The van der Waals surface area contributed by atoms with E-state index in [4.69, 9.17) is 7.85 Å². The van der Waals surface area contributed by atoms with E-state index in [1.165, 1.54) is 33.4 Å². The molecule has 0 aliphatic rings. The zero-order valence-electron chi connectivity index (χ0n) is 17.0. The van der Waals surface area contributed by atoms with Crippen LogP contribution in [0.2, 0.25) is 0 Å². The van der Waals surface area contributed by atoms with E-state index >= 15 is 0 Å². The van der Waals surface area contributed by atoms with E-state index in [-0.39, 0.29) is 5.68 Å². The van der Waals surface area contributed by atoms with Gasteiger partial charge in [0.25, 0.3) is 0 Å². The third-order valence-electron chi connectivity index (χ3n) is 5.53. The topological polar surface area (TPSA) is 22.0 Å². The van der Waals surface area contributed by atoms with Crippen LogP contribution >= 0.6 is 0 Å². The Bertz CT molecular complexity index is 937. The summed E-state index contributed by atoms with van der Waals surface area (Å²) in [6.07, 6.45) is 0. The number of rotatable bonds is 3. The molecule has 3 rings (SSSR count). The molecule has 0 amide bonds. The third kappa shape index (κ3) is 3.35. The number of carbonyl (C=O) groups is 1. The molecule has 0 aliphatic heterocycles. The lowest BCUT2D eigenvalue weighted by atomic mass is 9.89. The molecule has 0 atom stereocenters. The minimum absolute atomic E-state index is 0.387. The van der Waals surface area contributed by atoms with Crippen LogP contribution in [0.3, 0.4) is 0 Å². The zero-order chi connectivity index (χ0) is 19.6. The van der Waals surface area contributed by atoms with Gasteiger partial charge in [-0.3, -0.25) is 0 Å². The Hall–Kier alpha value is -2.29. The second-order valence-electron chi connectivity index (χ2n) is 6.64. The molecule has 0 N–H and O–H groups in total. The Morgan fingerprint density at radius 2 is 1.38 bits per heavy atom. The molecule has 134 valence electrons. The van der Waals surface area contributed by atoms with E-state index in [0.717, 1.165) is 10.9 Å². The van der Waals surface area contributed by atoms with Crippen molar-refractivity contribution >= 4 is 24.4 Å². The molecule has 0 aliphatic carbocycles. The molecular formula is C23H28BNO. The largest absolute Gasteiger partial charge is 0.334 e. The minimum Gasteiger partial charge on any atom is -0.334 e. The summed E-state index contributed by atoms with van der Waals surface area (Å²) >= 11 is 0. The molecule has 0 unspecified atom stereocenters. The van der Waals surface area contributed by atoms with Gasteiger partial charge < -0.3 is 9.36 Å². The van der Waals surface area contributed by atoms with Gasteiger partial charge in [-0.2, -0.15) is 0 Å². The highest BCUT2D eigenvalue weighted by molar-refractivity contribution is 6.62. The van der Waals surface area contributed by atoms with Crippen LogP contribution in [0.5, 0.6) is 0 Å². The first-order valence-electron chi connectivity index (χ1n) is 9.26. The Morgan fingerprint density at radius 3 is 1.92 bits per heavy atom.